The third-order valence-electron chi connectivity index (χ3n) is 8.64. The molecule has 0 radical (unpaired) electrons. The number of likely N-dealkylation sites (tertiary alicyclic amines) is 1. The lowest BCUT2D eigenvalue weighted by molar-refractivity contribution is 0.0144. The predicted molar refractivity (Wildman–Crippen MR) is 149 cm³/mol. The van der Waals surface area contributed by atoms with Gasteiger partial charge in [0.1, 0.15) is 12.0 Å². The first kappa shape index (κ1) is 26.8. The number of hydrogen-bond acceptors (Lipinski definition) is 6. The van der Waals surface area contributed by atoms with Crippen LogP contribution in [0.3, 0.4) is 0 Å². The molecule has 2 saturated heterocycles. The van der Waals surface area contributed by atoms with E-state index in [1.807, 2.05) is 12.3 Å². The van der Waals surface area contributed by atoms with E-state index in [-0.39, 0.29) is 23.2 Å². The minimum Gasteiger partial charge on any atom is -0.379 e. The molecule has 1 unspecified atom stereocenters. The van der Waals surface area contributed by atoms with Crippen molar-refractivity contribution in [1.29, 1.82) is 0 Å². The number of amides is 1. The lowest BCUT2D eigenvalue weighted by Gasteiger charge is -2.45. The van der Waals surface area contributed by atoms with Gasteiger partial charge in [-0.2, -0.15) is 0 Å². The summed E-state index contributed by atoms with van der Waals surface area (Å²) in [5.41, 5.74) is 3.52. The smallest absolute Gasteiger partial charge is 0.254 e. The van der Waals surface area contributed by atoms with Crippen LogP contribution in [0, 0.1) is 12.7 Å². The Morgan fingerprint density at radius 3 is 2.80 bits per heavy atom. The van der Waals surface area contributed by atoms with Crippen LogP contribution in [0.4, 0.5) is 14.5 Å². The van der Waals surface area contributed by atoms with E-state index < -0.39 is 17.9 Å². The third kappa shape index (κ3) is 5.34. The Balaban J connectivity index is 1.16. The van der Waals surface area contributed by atoms with Crippen LogP contribution in [-0.2, 0) is 4.74 Å². The number of piperidine rings is 1. The number of halogens is 2. The Bertz CT molecular complexity index is 1380. The Morgan fingerprint density at radius 1 is 1.23 bits per heavy atom. The summed E-state index contributed by atoms with van der Waals surface area (Å²) >= 11 is 0. The maximum atomic E-state index is 15.4. The summed E-state index contributed by atoms with van der Waals surface area (Å²) in [7, 11) is 0. The molecule has 3 aromatic rings. The molecule has 2 aliphatic heterocycles. The van der Waals surface area contributed by atoms with Crippen molar-refractivity contribution >= 4 is 11.6 Å². The highest BCUT2D eigenvalue weighted by Gasteiger charge is 2.43. The number of anilines is 1. The van der Waals surface area contributed by atoms with E-state index in [9.17, 15) is 9.18 Å². The monoisotopic (exact) mass is 550 g/mol. The first-order chi connectivity index (χ1) is 19.3. The molecule has 0 bridgehead atoms. The molecule has 40 heavy (non-hydrogen) atoms. The van der Waals surface area contributed by atoms with Crippen LogP contribution < -0.4 is 10.6 Å². The Labute approximate surface area is 233 Å². The summed E-state index contributed by atoms with van der Waals surface area (Å²) in [6, 6.07) is 4.70. The van der Waals surface area contributed by atoms with Crippen molar-refractivity contribution in [2.45, 2.75) is 69.7 Å². The van der Waals surface area contributed by atoms with E-state index >= 15 is 4.39 Å². The molecule has 1 saturated carbocycles. The van der Waals surface area contributed by atoms with Crippen molar-refractivity contribution in [3.05, 3.63) is 60.1 Å². The van der Waals surface area contributed by atoms with Gasteiger partial charge in [0, 0.05) is 55.4 Å². The van der Waals surface area contributed by atoms with Crippen molar-refractivity contribution in [3.8, 4) is 16.9 Å². The van der Waals surface area contributed by atoms with Crippen molar-refractivity contribution in [3.63, 3.8) is 0 Å². The molecule has 2 aromatic heterocycles. The average Bonchev–Trinajstić information content (AvgIpc) is 3.41. The van der Waals surface area contributed by atoms with Crippen molar-refractivity contribution in [1.82, 2.24) is 24.8 Å². The molecule has 1 aliphatic carbocycles. The van der Waals surface area contributed by atoms with Gasteiger partial charge in [-0.15, -0.1) is 0 Å². The number of alkyl halides is 1. The number of nitrogens with one attached hydrogen (secondary N) is 2. The highest BCUT2D eigenvalue weighted by molar-refractivity contribution is 5.95. The van der Waals surface area contributed by atoms with Gasteiger partial charge in [-0.25, -0.2) is 13.8 Å². The van der Waals surface area contributed by atoms with E-state index in [0.29, 0.717) is 36.5 Å². The first-order valence-electron chi connectivity index (χ1n) is 14.2. The number of aromatic nitrogens is 3. The number of imidazole rings is 1. The topological polar surface area (TPSA) is 84.3 Å². The molecule has 8 nitrogen and oxygen atoms in total. The second kappa shape index (κ2) is 10.9. The second-order valence-electron chi connectivity index (χ2n) is 11.4. The maximum Gasteiger partial charge on any atom is 0.254 e. The zero-order valence-corrected chi connectivity index (χ0v) is 23.0. The SMILES string of the molecule is CCC1(N2CC[C@H](Nc3cncc(-c4cn(-c5cc(C(=O)NC6CC6)c(F)cc5C)cn4)c3)[C@H](F)C2)CCOC1. The normalized spacial score (nSPS) is 25.2. The number of benzene rings is 1. The minimum atomic E-state index is -1.01. The van der Waals surface area contributed by atoms with E-state index in [0.717, 1.165) is 50.1 Å². The summed E-state index contributed by atoms with van der Waals surface area (Å²) in [5.74, 6) is -0.941. The van der Waals surface area contributed by atoms with Crippen LogP contribution in [-0.4, -0.2) is 75.4 Å². The first-order valence-corrected chi connectivity index (χ1v) is 14.2. The fourth-order valence-electron chi connectivity index (χ4n) is 5.93. The summed E-state index contributed by atoms with van der Waals surface area (Å²) in [6.07, 6.45) is 10.4. The largest absolute Gasteiger partial charge is 0.379 e. The van der Waals surface area contributed by atoms with Gasteiger partial charge in [-0.3, -0.25) is 14.7 Å². The van der Waals surface area contributed by atoms with E-state index in [4.69, 9.17) is 4.74 Å². The molecule has 1 amide bonds. The van der Waals surface area contributed by atoms with Gasteiger partial charge in [-0.05, 0) is 62.8 Å². The highest BCUT2D eigenvalue weighted by Crippen LogP contribution is 2.34. The summed E-state index contributed by atoms with van der Waals surface area (Å²) < 4.78 is 37.4. The van der Waals surface area contributed by atoms with Gasteiger partial charge in [0.15, 0.2) is 0 Å². The molecular weight excluding hydrogens is 514 g/mol. The zero-order chi connectivity index (χ0) is 27.9. The zero-order valence-electron chi connectivity index (χ0n) is 23.0. The van der Waals surface area contributed by atoms with Crippen LogP contribution in [0.2, 0.25) is 0 Å². The average molecular weight is 551 g/mol. The van der Waals surface area contributed by atoms with Crippen LogP contribution in [0.1, 0.15) is 54.9 Å². The molecule has 212 valence electrons. The Hall–Kier alpha value is -3.37. The van der Waals surface area contributed by atoms with Crippen LogP contribution in [0.25, 0.3) is 16.9 Å². The predicted octanol–water partition coefficient (Wildman–Crippen LogP) is 4.67. The van der Waals surface area contributed by atoms with E-state index in [2.05, 4.69) is 32.4 Å². The quantitative estimate of drug-likeness (QED) is 0.424. The van der Waals surface area contributed by atoms with Gasteiger partial charge < -0.3 is 19.9 Å². The van der Waals surface area contributed by atoms with E-state index in [1.54, 1.807) is 36.3 Å². The molecule has 10 heteroatoms. The lowest BCUT2D eigenvalue weighted by Crippen LogP contribution is -2.57. The highest BCUT2D eigenvalue weighted by atomic mass is 19.1. The van der Waals surface area contributed by atoms with Crippen LogP contribution in [0.5, 0.6) is 0 Å². The van der Waals surface area contributed by atoms with E-state index in [1.165, 1.54) is 6.07 Å². The van der Waals surface area contributed by atoms with Gasteiger partial charge in [-0.1, -0.05) is 6.92 Å². The fraction of sp³-hybridized carbons (Fsp3) is 0.500. The molecule has 3 atom stereocenters. The minimum absolute atomic E-state index is 0.0211. The molecular formula is C30H36F2N6O2. The van der Waals surface area contributed by atoms with Gasteiger partial charge in [0.2, 0.25) is 0 Å². The Morgan fingerprint density at radius 2 is 2.08 bits per heavy atom. The molecule has 3 aliphatic rings. The number of hydrogen-bond donors (Lipinski definition) is 2. The standard InChI is InChI=1S/C30H36F2N6O2/c1-3-30(7-9-40-17-30)38-8-6-26(25(32)15-38)35-22-11-20(13-33-14-22)27-16-37(18-34-27)28-12-23(24(31)10-19(28)2)29(39)36-21-4-5-21/h10-14,16,18,21,25-26,35H,3-9,15,17H2,1-2H3,(H,36,39)/t25-,26+,30?/m1/s1. The molecule has 3 fully saturated rings. The van der Waals surface area contributed by atoms with Gasteiger partial charge in [0.05, 0.1) is 41.6 Å². The molecule has 0 spiro atoms. The van der Waals surface area contributed by atoms with Gasteiger partial charge >= 0.3 is 0 Å². The van der Waals surface area contributed by atoms with Crippen molar-refractivity contribution in [2.75, 3.05) is 31.6 Å². The molecule has 1 aromatic carbocycles. The number of aryl methyl sites for hydroxylation is 1. The van der Waals surface area contributed by atoms with Gasteiger partial charge in [0.25, 0.3) is 5.91 Å². The fourth-order valence-corrected chi connectivity index (χ4v) is 5.93. The maximum absolute atomic E-state index is 15.4. The molecule has 6 rings (SSSR count). The van der Waals surface area contributed by atoms with Crippen molar-refractivity contribution in [2.24, 2.45) is 0 Å². The van der Waals surface area contributed by atoms with Crippen LogP contribution in [0.15, 0.2) is 43.1 Å². The molecule has 4 heterocycles. The number of ether oxygens (including phenoxy) is 1. The number of carbonyl (C=O) groups is 1. The Kier molecular flexibility index (Phi) is 7.31. The lowest BCUT2D eigenvalue weighted by atomic mass is 9.89. The number of pyridine rings is 1. The number of rotatable bonds is 8. The summed E-state index contributed by atoms with van der Waals surface area (Å²) in [4.78, 5) is 23.7. The third-order valence-corrected chi connectivity index (χ3v) is 8.64. The number of nitrogens with zero attached hydrogens (tertiary/aromatic N) is 4. The number of carbonyl (C=O) groups excluding carboxylic acids is 1. The molecule has 2 N–H and O–H groups in total. The van der Waals surface area contributed by atoms with Crippen molar-refractivity contribution < 1.29 is 18.3 Å². The second-order valence-corrected chi connectivity index (χ2v) is 11.4. The van der Waals surface area contributed by atoms with Crippen LogP contribution >= 0.6 is 0 Å². The summed E-state index contributed by atoms with van der Waals surface area (Å²) in [5, 5.41) is 6.21. The summed E-state index contributed by atoms with van der Waals surface area (Å²) in [6.45, 7) is 6.60.